The largest absolute Gasteiger partial charge is 0.386 e. The first-order valence-corrected chi connectivity index (χ1v) is 6.65. The minimum atomic E-state index is -0.708. The van der Waals surface area contributed by atoms with Gasteiger partial charge in [-0.2, -0.15) is 0 Å². The lowest BCUT2D eigenvalue weighted by molar-refractivity contribution is -0.187. The van der Waals surface area contributed by atoms with Crippen LogP contribution >= 0.6 is 0 Å². The van der Waals surface area contributed by atoms with Gasteiger partial charge in [0.25, 0.3) is 0 Å². The van der Waals surface area contributed by atoms with Gasteiger partial charge in [0.2, 0.25) is 0 Å². The summed E-state index contributed by atoms with van der Waals surface area (Å²) in [6.07, 6.45) is 0. The number of hydrogen-bond acceptors (Lipinski definition) is 5. The highest BCUT2D eigenvalue weighted by molar-refractivity contribution is 5.92. The quantitative estimate of drug-likeness (QED) is 0.630. The lowest BCUT2D eigenvalue weighted by Gasteiger charge is -2.02. The normalized spacial score (nSPS) is 9.45. The fourth-order valence-electron chi connectivity index (χ4n) is 1.32. The highest BCUT2D eigenvalue weighted by Crippen LogP contribution is 2.05. The number of rotatable bonds is 2. The first kappa shape index (κ1) is 17.4. The molecule has 0 aliphatic carbocycles. The van der Waals surface area contributed by atoms with E-state index in [1.807, 2.05) is 26.0 Å². The second-order valence-corrected chi connectivity index (χ2v) is 4.82. The molecule has 2 aromatic carbocycles. The van der Waals surface area contributed by atoms with Crippen LogP contribution in [0.3, 0.4) is 0 Å². The lowest BCUT2D eigenvalue weighted by atomic mass is 10.2. The second-order valence-electron chi connectivity index (χ2n) is 4.82. The lowest BCUT2D eigenvalue weighted by Crippen LogP contribution is -2.11. The van der Waals surface area contributed by atoms with Gasteiger partial charge in [-0.05, 0) is 45.4 Å². The SMILES string of the molecule is CN(C)C.O=C(OOC(=O)c1ccccc1)c1ccccc1. The van der Waals surface area contributed by atoms with Crippen LogP contribution in [0.2, 0.25) is 0 Å². The molecule has 0 amide bonds. The summed E-state index contributed by atoms with van der Waals surface area (Å²) in [7, 11) is 6.00. The van der Waals surface area contributed by atoms with Crippen LogP contribution in [0.15, 0.2) is 60.7 Å². The molecule has 0 fully saturated rings. The molecule has 2 aromatic rings. The van der Waals surface area contributed by atoms with Crippen molar-refractivity contribution in [2.45, 2.75) is 0 Å². The standard InChI is InChI=1S/C14H10O4.C3H9N/c15-13(11-7-3-1-4-8-11)17-18-14(16)12-9-5-2-6-10-12;1-4(2)3/h1-10H;1-3H3. The van der Waals surface area contributed by atoms with Crippen LogP contribution in [0, 0.1) is 0 Å². The molecule has 0 saturated heterocycles. The average molecular weight is 301 g/mol. The van der Waals surface area contributed by atoms with E-state index in [9.17, 15) is 9.59 Å². The molecule has 22 heavy (non-hydrogen) atoms. The van der Waals surface area contributed by atoms with Gasteiger partial charge < -0.3 is 4.90 Å². The first-order chi connectivity index (χ1) is 10.5. The molecule has 0 atom stereocenters. The summed E-state index contributed by atoms with van der Waals surface area (Å²) in [4.78, 5) is 33.9. The molecule has 0 heterocycles. The van der Waals surface area contributed by atoms with Crippen LogP contribution in [0.5, 0.6) is 0 Å². The molecule has 0 N–H and O–H groups in total. The van der Waals surface area contributed by atoms with Gasteiger partial charge in [0.1, 0.15) is 0 Å². The molecule has 0 bridgehead atoms. The van der Waals surface area contributed by atoms with Crippen molar-refractivity contribution in [3.8, 4) is 0 Å². The van der Waals surface area contributed by atoms with Crippen molar-refractivity contribution in [1.82, 2.24) is 4.90 Å². The third kappa shape index (κ3) is 6.67. The number of carbonyl (C=O) groups is 2. The van der Waals surface area contributed by atoms with E-state index in [0.29, 0.717) is 11.1 Å². The molecule has 5 nitrogen and oxygen atoms in total. The van der Waals surface area contributed by atoms with Crippen LogP contribution in [0.1, 0.15) is 20.7 Å². The van der Waals surface area contributed by atoms with Crippen molar-refractivity contribution in [3.05, 3.63) is 71.8 Å². The van der Waals surface area contributed by atoms with E-state index >= 15 is 0 Å². The fourth-order valence-corrected chi connectivity index (χ4v) is 1.32. The zero-order valence-corrected chi connectivity index (χ0v) is 12.9. The Hall–Kier alpha value is -2.66. The summed E-state index contributed by atoms with van der Waals surface area (Å²) in [5, 5.41) is 0. The Morgan fingerprint density at radius 3 is 1.23 bits per heavy atom. The summed E-state index contributed by atoms with van der Waals surface area (Å²) >= 11 is 0. The summed E-state index contributed by atoms with van der Waals surface area (Å²) in [5.41, 5.74) is 0.636. The number of benzene rings is 2. The van der Waals surface area contributed by atoms with Crippen molar-refractivity contribution >= 4 is 11.9 Å². The van der Waals surface area contributed by atoms with Gasteiger partial charge in [-0.15, -0.1) is 0 Å². The number of carbonyl (C=O) groups excluding carboxylic acids is 2. The smallest absolute Gasteiger partial charge is 0.312 e. The van der Waals surface area contributed by atoms with E-state index < -0.39 is 11.9 Å². The van der Waals surface area contributed by atoms with Crippen LogP contribution in [-0.4, -0.2) is 38.0 Å². The maximum atomic E-state index is 11.5. The molecule has 0 aromatic heterocycles. The van der Waals surface area contributed by atoms with Gasteiger partial charge >= 0.3 is 11.9 Å². The summed E-state index contributed by atoms with van der Waals surface area (Å²) < 4.78 is 0. The molecule has 0 aliphatic rings. The van der Waals surface area contributed by atoms with Gasteiger partial charge in [-0.1, -0.05) is 36.4 Å². The minimum Gasteiger partial charge on any atom is -0.312 e. The van der Waals surface area contributed by atoms with Crippen molar-refractivity contribution in [1.29, 1.82) is 0 Å². The Morgan fingerprint density at radius 2 is 0.955 bits per heavy atom. The highest BCUT2D eigenvalue weighted by Gasteiger charge is 2.12. The predicted octanol–water partition coefficient (Wildman–Crippen LogP) is 2.79. The zero-order chi connectivity index (χ0) is 16.4. The Kier molecular flexibility index (Phi) is 7.36. The minimum absolute atomic E-state index is 0.318. The van der Waals surface area contributed by atoms with Gasteiger partial charge in [-0.3, -0.25) is 0 Å². The van der Waals surface area contributed by atoms with Crippen LogP contribution in [0.4, 0.5) is 0 Å². The molecule has 0 radical (unpaired) electrons. The molecular formula is C17H19NO4. The van der Waals surface area contributed by atoms with E-state index in [4.69, 9.17) is 0 Å². The predicted molar refractivity (Wildman–Crippen MR) is 83.3 cm³/mol. The van der Waals surface area contributed by atoms with Gasteiger partial charge in [0, 0.05) is 0 Å². The third-order valence-corrected chi connectivity index (χ3v) is 2.21. The Labute approximate surface area is 130 Å². The van der Waals surface area contributed by atoms with E-state index in [1.165, 1.54) is 0 Å². The zero-order valence-electron chi connectivity index (χ0n) is 12.9. The summed E-state index contributed by atoms with van der Waals surface area (Å²) in [5.74, 6) is -1.42. The van der Waals surface area contributed by atoms with E-state index in [0.717, 1.165) is 0 Å². The van der Waals surface area contributed by atoms with E-state index in [1.54, 1.807) is 60.7 Å². The molecule has 0 unspecified atom stereocenters. The fraction of sp³-hybridized carbons (Fsp3) is 0.176. The van der Waals surface area contributed by atoms with Crippen molar-refractivity contribution < 1.29 is 19.4 Å². The number of hydrogen-bond donors (Lipinski definition) is 0. The topological polar surface area (TPSA) is 55.8 Å². The van der Waals surface area contributed by atoms with Gasteiger partial charge in [0.05, 0.1) is 11.1 Å². The molecule has 0 spiro atoms. The molecule has 116 valence electrons. The third-order valence-electron chi connectivity index (χ3n) is 2.21. The average Bonchev–Trinajstić information content (AvgIpc) is 2.53. The van der Waals surface area contributed by atoms with Crippen LogP contribution in [-0.2, 0) is 9.78 Å². The number of nitrogens with zero attached hydrogens (tertiary/aromatic N) is 1. The van der Waals surface area contributed by atoms with Crippen molar-refractivity contribution in [3.63, 3.8) is 0 Å². The highest BCUT2D eigenvalue weighted by atomic mass is 17.2. The maximum Gasteiger partial charge on any atom is 0.386 e. The van der Waals surface area contributed by atoms with Gasteiger partial charge in [-0.25, -0.2) is 19.4 Å². The second kappa shape index (κ2) is 9.31. The molecular weight excluding hydrogens is 282 g/mol. The Balaban J connectivity index is 0.000000541. The monoisotopic (exact) mass is 301 g/mol. The summed E-state index contributed by atoms with van der Waals surface area (Å²) in [6.45, 7) is 0. The van der Waals surface area contributed by atoms with Gasteiger partial charge in [0.15, 0.2) is 0 Å². The molecule has 0 saturated carbocycles. The molecule has 0 aliphatic heterocycles. The molecule has 5 heteroatoms. The first-order valence-electron chi connectivity index (χ1n) is 6.65. The van der Waals surface area contributed by atoms with Crippen molar-refractivity contribution in [2.75, 3.05) is 21.1 Å². The van der Waals surface area contributed by atoms with E-state index in [-0.39, 0.29) is 0 Å². The Bertz CT molecular complexity index is 528. The van der Waals surface area contributed by atoms with Crippen molar-refractivity contribution in [2.24, 2.45) is 0 Å². The Morgan fingerprint density at radius 1 is 0.682 bits per heavy atom. The summed E-state index contributed by atoms with van der Waals surface area (Å²) in [6, 6.07) is 16.6. The molecule has 2 rings (SSSR count). The van der Waals surface area contributed by atoms with Crippen LogP contribution in [0.25, 0.3) is 0 Å². The van der Waals surface area contributed by atoms with E-state index in [2.05, 4.69) is 9.78 Å². The van der Waals surface area contributed by atoms with Crippen LogP contribution < -0.4 is 0 Å². The maximum absolute atomic E-state index is 11.5.